The van der Waals surface area contributed by atoms with Crippen molar-refractivity contribution in [3.8, 4) is 0 Å². The maximum atomic E-state index is 13.0. The van der Waals surface area contributed by atoms with E-state index in [4.69, 9.17) is 35.9 Å². The highest BCUT2D eigenvalue weighted by Crippen LogP contribution is 2.43. The van der Waals surface area contributed by atoms with Crippen LogP contribution in [0.3, 0.4) is 0 Å². The van der Waals surface area contributed by atoms with Gasteiger partial charge < -0.3 is 66.1 Å². The first kappa shape index (κ1) is 99.4. The van der Waals surface area contributed by atoms with Gasteiger partial charge in [-0.1, -0.05) is 273 Å². The van der Waals surface area contributed by atoms with Gasteiger partial charge in [-0.2, -0.15) is 38.3 Å². The van der Waals surface area contributed by atoms with Gasteiger partial charge in [0.05, 0.1) is 26.4 Å². The van der Waals surface area contributed by atoms with Gasteiger partial charge in [-0.3, -0.25) is 28.0 Å². The third-order valence-corrected chi connectivity index (χ3v) is 20.4. The molecular formula is C83H124N13O19PS2. The minimum Gasteiger partial charge on any atom is -0.462 e. The van der Waals surface area contributed by atoms with E-state index in [0.717, 1.165) is 50.5 Å². The number of aromatic nitrogens is 6. The number of phosphoric acid groups is 1. The number of para-hydroxylation sites is 1. The van der Waals surface area contributed by atoms with E-state index in [0.29, 0.717) is 42.0 Å². The lowest BCUT2D eigenvalue weighted by Crippen LogP contribution is -2.35. The van der Waals surface area contributed by atoms with Crippen molar-refractivity contribution in [2.24, 2.45) is 0 Å². The van der Waals surface area contributed by atoms with Crippen LogP contribution < -0.4 is 36.8 Å². The Morgan fingerprint density at radius 2 is 0.992 bits per heavy atom. The molecule has 2 aromatic heterocycles. The number of anilines is 8. The Morgan fingerprint density at radius 1 is 0.517 bits per heavy atom. The van der Waals surface area contributed by atoms with Crippen LogP contribution in [0.2, 0.25) is 0 Å². The van der Waals surface area contributed by atoms with Crippen LogP contribution in [0.5, 0.6) is 0 Å². The lowest BCUT2D eigenvalue weighted by Gasteiger charge is -2.21. The number of ether oxygens (including phenoxy) is 3. The maximum absolute atomic E-state index is 13.0. The van der Waals surface area contributed by atoms with Gasteiger partial charge >= 0.3 is 36.5 Å². The molecule has 32 nitrogen and oxygen atoms in total. The smallest absolute Gasteiger partial charge is 0.462 e. The zero-order valence-electron chi connectivity index (χ0n) is 68.5. The van der Waals surface area contributed by atoms with Crippen molar-refractivity contribution in [2.75, 3.05) is 98.5 Å². The molecule has 10 N–H and O–H groups in total. The molecule has 0 fully saturated rings. The fraction of sp³-hybridized carbons (Fsp3) is 0.566. The number of phosphoric ester groups is 1. The summed E-state index contributed by atoms with van der Waals surface area (Å²) in [6, 6.07) is 30.0. The minimum absolute atomic E-state index is 0.0404. The molecule has 0 aliphatic heterocycles. The van der Waals surface area contributed by atoms with E-state index in [-0.39, 0.29) is 106 Å². The predicted octanol–water partition coefficient (Wildman–Crippen LogP) is 15.4. The van der Waals surface area contributed by atoms with E-state index in [9.17, 15) is 51.8 Å². The molecule has 0 saturated heterocycles. The average Bonchev–Trinajstić information content (AvgIpc) is 0.806. The van der Waals surface area contributed by atoms with Crippen LogP contribution in [0.25, 0.3) is 12.2 Å². The van der Waals surface area contributed by atoms with Gasteiger partial charge in [-0.05, 0) is 65.9 Å². The van der Waals surface area contributed by atoms with Crippen molar-refractivity contribution >= 4 is 111 Å². The Balaban J connectivity index is 0.00000605. The predicted molar refractivity (Wildman–Crippen MR) is 455 cm³/mol. The number of unbranched alkanes of at least 4 members (excludes halogenated alkanes) is 28. The first-order valence-electron chi connectivity index (χ1n) is 41.6. The van der Waals surface area contributed by atoms with Crippen molar-refractivity contribution in [1.82, 2.24) is 40.5 Å². The molecule has 652 valence electrons. The number of alkyl carbamates (subject to hydrolysis) is 1. The van der Waals surface area contributed by atoms with Gasteiger partial charge in [0, 0.05) is 69.0 Å². The number of hydrogen-bond acceptors (Lipinski definition) is 28. The maximum Gasteiger partial charge on any atom is 0.472 e. The quantitative estimate of drug-likeness (QED) is 0.00423. The summed E-state index contributed by atoms with van der Waals surface area (Å²) >= 11 is 0. The molecule has 2 atom stereocenters. The Hall–Kier alpha value is -9.12. The fourth-order valence-electron chi connectivity index (χ4n) is 12.4. The third kappa shape index (κ3) is 46.9. The van der Waals surface area contributed by atoms with E-state index < -0.39 is 83.3 Å². The first-order valence-corrected chi connectivity index (χ1v) is 45.5. The summed E-state index contributed by atoms with van der Waals surface area (Å²) in [6.45, 7) is 1.97. The molecule has 6 aromatic rings. The van der Waals surface area contributed by atoms with Crippen LogP contribution in [-0.4, -0.2) is 173 Å². The molecule has 2 unspecified atom stereocenters. The highest BCUT2D eigenvalue weighted by atomic mass is 32.2. The van der Waals surface area contributed by atoms with Crippen LogP contribution in [0.15, 0.2) is 108 Å². The molecule has 0 radical (unpaired) electrons. The van der Waals surface area contributed by atoms with Crippen molar-refractivity contribution < 1.29 is 87.7 Å². The Kier molecular flexibility index (Phi) is 50.9. The number of carbonyl (C=O) groups is 4. The van der Waals surface area contributed by atoms with Crippen LogP contribution in [0.1, 0.15) is 242 Å². The lowest BCUT2D eigenvalue weighted by molar-refractivity contribution is -0.161. The standard InChI is InChI=1S/C83H124N13O16PS.O3S/c1-3-5-7-9-11-13-15-17-19-21-23-25-27-29-37-43-76(100)108-63-72(112-77(101)44-38-30-28-26-24-22-20-18-16-14-12-10-8-6-4-2)64-111-113(103,104)110-60-55-86-83(102)109-65-75(99)84-53-54-85-78-92-80(87-69-41-35-32-36-42-69)94-81(93-78)88-70-50-46-66(47-51-70)45-48-68-49-52-71(62-73(68)114(105,106)107)89-79-90-74(61-67-39-33-31-34-40-67)91-82(95-79)96(56-58-97)57-59-98;1-4(2)3/h31-36,39-42,45-52,62,72,97-98H,3-30,37-38,43-44,53-61,63-65H2,1-2H3,(H,84,99)(H,86,102)(H,103,104)(H,105,106,107)(H,89,90,91,95)(H3,85,87,88,92,93,94);/b48-45+;. The van der Waals surface area contributed by atoms with E-state index in [1.54, 1.807) is 41.3 Å². The molecule has 2 amide bonds. The Bertz CT molecular complexity index is 4140. The number of nitrogens with zero attached hydrogens (tertiary/aromatic N) is 7. The number of nitrogens with one attached hydrogen (secondary N) is 6. The first-order chi connectivity index (χ1) is 57.1. The normalized spacial score (nSPS) is 12.0. The monoisotopic (exact) mass is 1700 g/mol. The van der Waals surface area contributed by atoms with Crippen LogP contribution in [0, 0.1) is 0 Å². The highest BCUT2D eigenvalue weighted by Gasteiger charge is 2.27. The van der Waals surface area contributed by atoms with E-state index in [2.05, 4.69) is 75.7 Å². The number of amides is 2. The molecule has 35 heteroatoms. The van der Waals surface area contributed by atoms with Crippen LogP contribution in [-0.2, 0) is 69.4 Å². The summed E-state index contributed by atoms with van der Waals surface area (Å²) in [5.41, 5.74) is 3.25. The van der Waals surface area contributed by atoms with E-state index >= 15 is 0 Å². The molecular weight excluding hydrogens is 1580 g/mol. The summed E-state index contributed by atoms with van der Waals surface area (Å²) in [5.74, 6) is -0.593. The SMILES string of the molecule is CCCCCCCCCCCCCCCCCC(=O)OCC(COP(=O)(O)OCCNC(=O)OCC(=O)NCCNc1nc(Nc2ccccc2)nc(Nc2ccc(/C=C/c3ccc(Nc4nc(Cc5ccccc5)nc(N(CCO)CCO)n4)cc3S(=O)(=O)O)cc2)n1)OC(=O)CCCCCCCCCCCCCCCCC.O=S(=O)=O. The fourth-order valence-corrected chi connectivity index (χ4v) is 13.8. The molecule has 0 saturated carbocycles. The number of hydrogen-bond donors (Lipinski definition) is 10. The Labute approximate surface area is 696 Å². The van der Waals surface area contributed by atoms with Gasteiger partial charge in [0.1, 0.15) is 17.3 Å². The second-order valence-corrected chi connectivity index (χ2v) is 31.7. The highest BCUT2D eigenvalue weighted by molar-refractivity contribution is 7.86. The van der Waals surface area contributed by atoms with Crippen LogP contribution in [0.4, 0.5) is 51.6 Å². The zero-order chi connectivity index (χ0) is 85.1. The van der Waals surface area contributed by atoms with Gasteiger partial charge in [0.15, 0.2) is 12.7 Å². The molecule has 4 aromatic carbocycles. The van der Waals surface area contributed by atoms with Gasteiger partial charge in [-0.25, -0.2) is 9.36 Å². The van der Waals surface area contributed by atoms with Gasteiger partial charge in [0.2, 0.25) is 29.7 Å². The number of rotatable bonds is 64. The lowest BCUT2D eigenvalue weighted by atomic mass is 10.0. The molecule has 118 heavy (non-hydrogen) atoms. The average molecular weight is 1700 g/mol. The summed E-state index contributed by atoms with van der Waals surface area (Å²) in [5, 5.41) is 36.8. The van der Waals surface area contributed by atoms with Gasteiger partial charge in [-0.15, -0.1) is 12.6 Å². The second kappa shape index (κ2) is 60.4. The number of benzene rings is 4. The number of aliphatic hydroxyl groups is 2. The summed E-state index contributed by atoms with van der Waals surface area (Å²) in [7, 11) is -12.7. The summed E-state index contributed by atoms with van der Waals surface area (Å²) in [4.78, 5) is 90.2. The third-order valence-electron chi connectivity index (χ3n) is 18.5. The number of esters is 2. The van der Waals surface area contributed by atoms with Crippen molar-refractivity contribution in [1.29, 1.82) is 0 Å². The van der Waals surface area contributed by atoms with Crippen molar-refractivity contribution in [3.63, 3.8) is 0 Å². The van der Waals surface area contributed by atoms with Gasteiger partial charge in [0.25, 0.3) is 16.0 Å². The minimum atomic E-state index is -4.79. The second-order valence-electron chi connectivity index (χ2n) is 28.5. The molecule has 0 aliphatic carbocycles. The van der Waals surface area contributed by atoms with Crippen molar-refractivity contribution in [2.45, 2.75) is 237 Å². The molecule has 0 aliphatic rings. The Morgan fingerprint density at radius 3 is 1.52 bits per heavy atom. The molecule has 0 spiro atoms. The largest absolute Gasteiger partial charge is 0.472 e. The van der Waals surface area contributed by atoms with E-state index in [1.807, 2.05) is 60.7 Å². The topological polar surface area (TPSA) is 451 Å². The number of carbonyl (C=O) groups excluding carboxylic acids is 4. The zero-order valence-corrected chi connectivity index (χ0v) is 71.0. The van der Waals surface area contributed by atoms with Crippen molar-refractivity contribution in [3.05, 3.63) is 126 Å². The summed E-state index contributed by atoms with van der Waals surface area (Å²) < 4.78 is 101. The summed E-state index contributed by atoms with van der Waals surface area (Å²) in [6.07, 6.45) is 37.3. The van der Waals surface area contributed by atoms with Crippen LogP contribution >= 0.6 is 7.82 Å². The molecule has 6 rings (SSSR count). The van der Waals surface area contributed by atoms with E-state index in [1.165, 1.54) is 153 Å². The molecule has 0 bridgehead atoms. The number of aliphatic hydroxyl groups excluding tert-OH is 2. The molecule has 2 heterocycles.